The summed E-state index contributed by atoms with van der Waals surface area (Å²) in [5.74, 6) is 1.92. The van der Waals surface area contributed by atoms with Gasteiger partial charge in [0.1, 0.15) is 17.2 Å². The number of imidazole rings is 1. The van der Waals surface area contributed by atoms with Crippen molar-refractivity contribution in [3.05, 3.63) is 89.1 Å². The van der Waals surface area contributed by atoms with Crippen LogP contribution in [0.4, 0.5) is 4.39 Å². The highest BCUT2D eigenvalue weighted by Gasteiger charge is 2.48. The second kappa shape index (κ2) is 9.21. The van der Waals surface area contributed by atoms with Gasteiger partial charge in [-0.2, -0.15) is 5.10 Å². The molecular weight excluding hydrogens is 483 g/mol. The number of para-hydroxylation sites is 1. The zero-order chi connectivity index (χ0) is 26.5. The van der Waals surface area contributed by atoms with Crippen molar-refractivity contribution in [3.8, 4) is 0 Å². The number of nitrogens with zero attached hydrogens (tertiary/aromatic N) is 3. The zero-order valence-corrected chi connectivity index (χ0v) is 22.0. The van der Waals surface area contributed by atoms with E-state index in [0.717, 1.165) is 33.9 Å². The standard InChI is InChI=1S/C28H33FN8O/c1-5-38-15-28(26-34-25(36-37-26)27(2,3)4)23-18(17-8-6-7-9-19(17)32-23)12-21(35-28)24-31-14-22(33-24)20-11-10-16(29)13-30-20/h6-11,13-14,20-21,30,32,35H,5,12,15H2,1-4H3,(H,31,33)(H,34,36,37)/t20?,21-,28?/m1/s1. The van der Waals surface area contributed by atoms with E-state index in [1.165, 1.54) is 17.8 Å². The van der Waals surface area contributed by atoms with Crippen molar-refractivity contribution in [1.82, 2.24) is 40.8 Å². The molecule has 6 rings (SSSR count). The summed E-state index contributed by atoms with van der Waals surface area (Å²) in [6.45, 7) is 9.18. The number of allylic oxidation sites excluding steroid dienone is 2. The van der Waals surface area contributed by atoms with Crippen LogP contribution in [0.15, 0.2) is 54.6 Å². The van der Waals surface area contributed by atoms with Crippen LogP contribution in [0.2, 0.25) is 0 Å². The first-order chi connectivity index (χ1) is 18.3. The molecule has 4 aromatic rings. The molecule has 0 fully saturated rings. The molecule has 0 saturated carbocycles. The van der Waals surface area contributed by atoms with Crippen LogP contribution < -0.4 is 10.6 Å². The minimum absolute atomic E-state index is 0.168. The highest BCUT2D eigenvalue weighted by molar-refractivity contribution is 5.85. The molecule has 0 spiro atoms. The first-order valence-electron chi connectivity index (χ1n) is 13.0. The smallest absolute Gasteiger partial charge is 0.156 e. The van der Waals surface area contributed by atoms with Gasteiger partial charge in [0.25, 0.3) is 0 Å². The van der Waals surface area contributed by atoms with E-state index in [4.69, 9.17) is 14.7 Å². The van der Waals surface area contributed by atoms with Gasteiger partial charge < -0.3 is 20.0 Å². The van der Waals surface area contributed by atoms with Crippen molar-refractivity contribution < 1.29 is 9.13 Å². The molecule has 0 aliphatic carbocycles. The maximum atomic E-state index is 13.5. The van der Waals surface area contributed by atoms with Crippen LogP contribution in [-0.4, -0.2) is 43.3 Å². The van der Waals surface area contributed by atoms with Gasteiger partial charge in [0.2, 0.25) is 0 Å². The van der Waals surface area contributed by atoms with E-state index in [-0.39, 0.29) is 23.3 Å². The van der Waals surface area contributed by atoms with Gasteiger partial charge in [0, 0.05) is 34.8 Å². The van der Waals surface area contributed by atoms with Gasteiger partial charge in [-0.1, -0.05) is 45.0 Å². The van der Waals surface area contributed by atoms with Crippen LogP contribution in [0.3, 0.4) is 0 Å². The number of hydrogen-bond donors (Lipinski definition) is 5. The highest BCUT2D eigenvalue weighted by Crippen LogP contribution is 2.42. The summed E-state index contributed by atoms with van der Waals surface area (Å²) >= 11 is 0. The lowest BCUT2D eigenvalue weighted by molar-refractivity contribution is 0.0756. The number of hydrogen-bond acceptors (Lipinski definition) is 6. The summed E-state index contributed by atoms with van der Waals surface area (Å²) in [5, 5.41) is 15.9. The Morgan fingerprint density at radius 2 is 2.03 bits per heavy atom. The molecule has 38 heavy (non-hydrogen) atoms. The van der Waals surface area contributed by atoms with Crippen LogP contribution in [0.5, 0.6) is 0 Å². The Kier molecular flexibility index (Phi) is 5.96. The fraction of sp³-hybridized carbons (Fsp3) is 0.393. The van der Waals surface area contributed by atoms with Gasteiger partial charge in [-0.3, -0.25) is 10.4 Å². The van der Waals surface area contributed by atoms with E-state index in [9.17, 15) is 4.39 Å². The molecule has 9 nitrogen and oxygen atoms in total. The molecular formula is C28H33FN8O. The van der Waals surface area contributed by atoms with Gasteiger partial charge in [0.15, 0.2) is 11.6 Å². The van der Waals surface area contributed by atoms with E-state index >= 15 is 0 Å². The van der Waals surface area contributed by atoms with Crippen molar-refractivity contribution in [2.75, 3.05) is 13.2 Å². The van der Waals surface area contributed by atoms with E-state index < -0.39 is 5.54 Å². The normalized spacial score (nSPS) is 23.3. The molecule has 5 heterocycles. The van der Waals surface area contributed by atoms with E-state index in [2.05, 4.69) is 69.8 Å². The largest absolute Gasteiger partial charge is 0.379 e. The number of dihydropyridines is 1. The molecule has 2 unspecified atom stereocenters. The Morgan fingerprint density at radius 1 is 1.18 bits per heavy atom. The Morgan fingerprint density at radius 3 is 2.76 bits per heavy atom. The molecule has 10 heteroatoms. The van der Waals surface area contributed by atoms with Gasteiger partial charge >= 0.3 is 0 Å². The van der Waals surface area contributed by atoms with Crippen LogP contribution in [0.1, 0.15) is 74.2 Å². The maximum absolute atomic E-state index is 13.5. The fourth-order valence-electron chi connectivity index (χ4n) is 5.32. The fourth-order valence-corrected chi connectivity index (χ4v) is 5.32. The number of aromatic amines is 3. The van der Waals surface area contributed by atoms with Crippen LogP contribution in [0, 0.1) is 0 Å². The molecule has 5 N–H and O–H groups in total. The Bertz CT molecular complexity index is 1520. The van der Waals surface area contributed by atoms with Gasteiger partial charge in [0.05, 0.1) is 30.6 Å². The highest BCUT2D eigenvalue weighted by atomic mass is 19.1. The third kappa shape index (κ3) is 4.13. The molecule has 0 saturated heterocycles. The van der Waals surface area contributed by atoms with E-state index in [0.29, 0.717) is 25.5 Å². The number of nitrogens with one attached hydrogen (secondary N) is 5. The molecule has 0 bridgehead atoms. The van der Waals surface area contributed by atoms with Crippen molar-refractivity contribution in [2.24, 2.45) is 0 Å². The molecule has 2 aliphatic rings. The minimum Gasteiger partial charge on any atom is -0.379 e. The second-order valence-corrected chi connectivity index (χ2v) is 11.0. The molecule has 2 aliphatic heterocycles. The van der Waals surface area contributed by atoms with Crippen molar-refractivity contribution in [2.45, 2.75) is 57.2 Å². The number of benzene rings is 1. The zero-order valence-electron chi connectivity index (χ0n) is 22.0. The number of rotatable bonds is 6. The summed E-state index contributed by atoms with van der Waals surface area (Å²) in [6.07, 6.45) is 7.12. The molecule has 0 amide bonds. The molecule has 0 radical (unpaired) electrons. The molecule has 198 valence electrons. The third-order valence-corrected chi connectivity index (χ3v) is 7.28. The number of H-pyrrole nitrogens is 3. The summed E-state index contributed by atoms with van der Waals surface area (Å²) in [4.78, 5) is 16.9. The third-order valence-electron chi connectivity index (χ3n) is 7.28. The van der Waals surface area contributed by atoms with Crippen LogP contribution in [0.25, 0.3) is 10.9 Å². The lowest BCUT2D eigenvalue weighted by atomic mass is 9.83. The summed E-state index contributed by atoms with van der Waals surface area (Å²) in [7, 11) is 0. The minimum atomic E-state index is -0.814. The predicted molar refractivity (Wildman–Crippen MR) is 143 cm³/mol. The first-order valence-corrected chi connectivity index (χ1v) is 13.0. The van der Waals surface area contributed by atoms with E-state index in [1.54, 1.807) is 12.3 Å². The summed E-state index contributed by atoms with van der Waals surface area (Å²) in [5.41, 5.74) is 3.09. The Balaban J connectivity index is 1.47. The van der Waals surface area contributed by atoms with Gasteiger partial charge in [-0.25, -0.2) is 14.4 Å². The monoisotopic (exact) mass is 516 g/mol. The lowest BCUT2D eigenvalue weighted by Crippen LogP contribution is -2.54. The first kappa shape index (κ1) is 24.6. The van der Waals surface area contributed by atoms with Crippen molar-refractivity contribution in [1.29, 1.82) is 0 Å². The van der Waals surface area contributed by atoms with Gasteiger partial charge in [-0.05, 0) is 31.1 Å². The number of halogens is 1. The average Bonchev–Trinajstić information content (AvgIpc) is 3.66. The molecule has 1 aromatic carbocycles. The second-order valence-electron chi connectivity index (χ2n) is 11.0. The van der Waals surface area contributed by atoms with Crippen molar-refractivity contribution in [3.63, 3.8) is 0 Å². The van der Waals surface area contributed by atoms with E-state index in [1.807, 2.05) is 13.0 Å². The summed E-state index contributed by atoms with van der Waals surface area (Å²) < 4.78 is 19.6. The predicted octanol–water partition coefficient (Wildman–Crippen LogP) is 4.49. The molecule has 3 atom stereocenters. The van der Waals surface area contributed by atoms with Crippen LogP contribution in [-0.2, 0) is 22.1 Å². The van der Waals surface area contributed by atoms with Crippen molar-refractivity contribution >= 4 is 10.9 Å². The number of aromatic nitrogens is 6. The Labute approximate surface area is 220 Å². The number of ether oxygens (including phenoxy) is 1. The average molecular weight is 517 g/mol. The SMILES string of the molecule is CCOCC1(c2nc(C(C)(C)C)n[nH]2)N[C@@H](c2ncc(C3C=CC(F)=CN3)[nH]2)Cc2c1[nH]c1ccccc21. The quantitative estimate of drug-likeness (QED) is 0.258. The van der Waals surface area contributed by atoms with Crippen LogP contribution >= 0.6 is 0 Å². The lowest BCUT2D eigenvalue weighted by Gasteiger charge is -2.40. The Hall–Kier alpha value is -3.76. The topological polar surface area (TPSA) is 119 Å². The maximum Gasteiger partial charge on any atom is 0.156 e. The summed E-state index contributed by atoms with van der Waals surface area (Å²) in [6, 6.07) is 7.98. The van der Waals surface area contributed by atoms with Gasteiger partial charge in [-0.15, -0.1) is 0 Å². The number of fused-ring (bicyclic) bond motifs is 3. The molecule has 3 aromatic heterocycles.